The number of Topliss-reactive ketones (excluding diaryl/α,β-unsaturated/α-hetero) is 1. The second-order valence-corrected chi connectivity index (χ2v) is 5.16. The zero-order chi connectivity index (χ0) is 13.9. The average Bonchev–Trinajstić information content (AvgIpc) is 2.25. The summed E-state index contributed by atoms with van der Waals surface area (Å²) in [4.78, 5) is 23.3. The van der Waals surface area contributed by atoms with Crippen molar-refractivity contribution in [3.05, 3.63) is 34.9 Å². The molecule has 0 spiro atoms. The van der Waals surface area contributed by atoms with Crippen LogP contribution in [-0.4, -0.2) is 23.9 Å². The summed E-state index contributed by atoms with van der Waals surface area (Å²) >= 11 is 0. The first-order valence-electron chi connectivity index (χ1n) is 5.82. The summed E-state index contributed by atoms with van der Waals surface area (Å²) < 4.78 is 5.28. The third kappa shape index (κ3) is 3.67. The summed E-state index contributed by atoms with van der Waals surface area (Å²) in [7, 11) is 0. The molecule has 0 saturated carbocycles. The molecule has 0 aromatic heterocycles. The Morgan fingerprint density at radius 1 is 1.28 bits per heavy atom. The van der Waals surface area contributed by atoms with Gasteiger partial charge in [-0.15, -0.1) is 0 Å². The molecule has 1 rings (SSSR count). The van der Waals surface area contributed by atoms with Gasteiger partial charge in [0.05, 0.1) is 12.1 Å². The number of aryl methyl sites for hydroxylation is 1. The van der Waals surface area contributed by atoms with Crippen molar-refractivity contribution in [1.29, 1.82) is 0 Å². The van der Waals surface area contributed by atoms with Crippen LogP contribution in [0.2, 0.25) is 0 Å². The van der Waals surface area contributed by atoms with Gasteiger partial charge in [0, 0.05) is 5.56 Å². The maximum absolute atomic E-state index is 11.9. The van der Waals surface area contributed by atoms with Crippen LogP contribution in [0.4, 0.5) is 0 Å². The van der Waals surface area contributed by atoms with E-state index < -0.39 is 5.60 Å². The van der Waals surface area contributed by atoms with Crippen LogP contribution >= 0.6 is 0 Å². The van der Waals surface area contributed by atoms with Crippen molar-refractivity contribution in [2.45, 2.75) is 33.3 Å². The molecule has 98 valence electrons. The number of carbonyl (C=O) groups excluding carboxylic acids is 2. The first-order valence-corrected chi connectivity index (χ1v) is 5.82. The highest BCUT2D eigenvalue weighted by Crippen LogP contribution is 2.16. The average molecular weight is 249 g/mol. The summed E-state index contributed by atoms with van der Waals surface area (Å²) in [6.45, 7) is 7.17. The molecular formula is C14H19NO3. The van der Waals surface area contributed by atoms with Gasteiger partial charge in [-0.1, -0.05) is 6.07 Å². The van der Waals surface area contributed by atoms with Crippen molar-refractivity contribution in [2.75, 3.05) is 6.54 Å². The molecule has 0 aliphatic rings. The molecule has 0 amide bonds. The molecule has 2 N–H and O–H groups in total. The molecule has 0 atom stereocenters. The summed E-state index contributed by atoms with van der Waals surface area (Å²) in [5, 5.41) is 0. The standard InChI is InChI=1S/C14H19NO3/c1-9-7-10(12(16)8-15)5-6-11(9)13(17)18-14(2,3)4/h5-7H,8,15H2,1-4H3. The molecule has 4 nitrogen and oxygen atoms in total. The van der Waals surface area contributed by atoms with Crippen molar-refractivity contribution in [2.24, 2.45) is 5.73 Å². The molecular weight excluding hydrogens is 230 g/mol. The lowest BCUT2D eigenvalue weighted by Gasteiger charge is -2.20. The molecule has 0 bridgehead atoms. The zero-order valence-electron chi connectivity index (χ0n) is 11.2. The summed E-state index contributed by atoms with van der Waals surface area (Å²) in [6.07, 6.45) is 0. The number of ketones is 1. The Hall–Kier alpha value is -1.68. The number of nitrogens with two attached hydrogens (primary N) is 1. The lowest BCUT2D eigenvalue weighted by molar-refractivity contribution is 0.00686. The largest absolute Gasteiger partial charge is 0.456 e. The smallest absolute Gasteiger partial charge is 0.338 e. The predicted octanol–water partition coefficient (Wildman–Crippen LogP) is 2.09. The minimum Gasteiger partial charge on any atom is -0.456 e. The highest BCUT2D eigenvalue weighted by Gasteiger charge is 2.19. The second kappa shape index (κ2) is 5.31. The van der Waals surface area contributed by atoms with Crippen LogP contribution in [-0.2, 0) is 4.74 Å². The van der Waals surface area contributed by atoms with E-state index in [1.165, 1.54) is 0 Å². The van der Waals surface area contributed by atoms with Crippen LogP contribution in [0.5, 0.6) is 0 Å². The van der Waals surface area contributed by atoms with E-state index in [1.54, 1.807) is 25.1 Å². The number of esters is 1. The highest BCUT2D eigenvalue weighted by atomic mass is 16.6. The Labute approximate surface area is 107 Å². The van der Waals surface area contributed by atoms with Crippen LogP contribution < -0.4 is 5.73 Å². The molecule has 0 fully saturated rings. The first kappa shape index (κ1) is 14.4. The molecule has 4 heteroatoms. The molecule has 0 aliphatic carbocycles. The van der Waals surface area contributed by atoms with Crippen molar-refractivity contribution >= 4 is 11.8 Å². The van der Waals surface area contributed by atoms with Crippen molar-refractivity contribution in [3.8, 4) is 0 Å². The van der Waals surface area contributed by atoms with Crippen LogP contribution in [0.3, 0.4) is 0 Å². The summed E-state index contributed by atoms with van der Waals surface area (Å²) in [5.41, 5.74) is 6.46. The molecule has 0 radical (unpaired) electrons. The number of hydrogen-bond acceptors (Lipinski definition) is 4. The van der Waals surface area contributed by atoms with Crippen molar-refractivity contribution < 1.29 is 14.3 Å². The number of carbonyl (C=O) groups is 2. The molecule has 0 unspecified atom stereocenters. The SMILES string of the molecule is Cc1cc(C(=O)CN)ccc1C(=O)OC(C)(C)C. The lowest BCUT2D eigenvalue weighted by atomic mass is 10.0. The normalized spacial score (nSPS) is 11.2. The Morgan fingerprint density at radius 2 is 1.89 bits per heavy atom. The Bertz CT molecular complexity index is 472. The summed E-state index contributed by atoms with van der Waals surface area (Å²) in [5.74, 6) is -0.527. The van der Waals surface area contributed by atoms with E-state index in [-0.39, 0.29) is 18.3 Å². The lowest BCUT2D eigenvalue weighted by Crippen LogP contribution is -2.24. The summed E-state index contributed by atoms with van der Waals surface area (Å²) in [6, 6.07) is 4.86. The van der Waals surface area contributed by atoms with E-state index in [1.807, 2.05) is 20.8 Å². The van der Waals surface area contributed by atoms with Gasteiger partial charge < -0.3 is 10.5 Å². The monoisotopic (exact) mass is 249 g/mol. The van der Waals surface area contributed by atoms with Gasteiger partial charge in [-0.2, -0.15) is 0 Å². The second-order valence-electron chi connectivity index (χ2n) is 5.16. The van der Waals surface area contributed by atoms with E-state index in [9.17, 15) is 9.59 Å². The molecule has 0 saturated heterocycles. The van der Waals surface area contributed by atoms with Crippen LogP contribution in [0, 0.1) is 6.92 Å². The Kier molecular flexibility index (Phi) is 4.24. The minimum absolute atomic E-state index is 0.0365. The molecule has 0 heterocycles. The third-order valence-corrected chi connectivity index (χ3v) is 2.35. The van der Waals surface area contributed by atoms with E-state index in [0.29, 0.717) is 16.7 Å². The van der Waals surface area contributed by atoms with Gasteiger partial charge in [0.25, 0.3) is 0 Å². The molecule has 0 aliphatic heterocycles. The number of hydrogen-bond donors (Lipinski definition) is 1. The van der Waals surface area contributed by atoms with E-state index in [0.717, 1.165) is 0 Å². The quantitative estimate of drug-likeness (QED) is 0.658. The van der Waals surface area contributed by atoms with Crippen LogP contribution in [0.15, 0.2) is 18.2 Å². The van der Waals surface area contributed by atoms with Gasteiger partial charge in [0.1, 0.15) is 5.60 Å². The van der Waals surface area contributed by atoms with Gasteiger partial charge in [0.2, 0.25) is 0 Å². The fourth-order valence-electron chi connectivity index (χ4n) is 1.52. The van der Waals surface area contributed by atoms with E-state index in [2.05, 4.69) is 0 Å². The fourth-order valence-corrected chi connectivity index (χ4v) is 1.52. The number of benzene rings is 1. The van der Waals surface area contributed by atoms with Gasteiger partial charge in [-0.05, 0) is 45.4 Å². The fraction of sp³-hybridized carbons (Fsp3) is 0.429. The van der Waals surface area contributed by atoms with Crippen LogP contribution in [0.25, 0.3) is 0 Å². The Morgan fingerprint density at radius 3 is 2.33 bits per heavy atom. The molecule has 1 aromatic carbocycles. The number of ether oxygens (including phenoxy) is 1. The number of rotatable bonds is 3. The third-order valence-electron chi connectivity index (χ3n) is 2.35. The van der Waals surface area contributed by atoms with Gasteiger partial charge in [0.15, 0.2) is 5.78 Å². The van der Waals surface area contributed by atoms with Gasteiger partial charge in [-0.25, -0.2) is 4.79 Å². The topological polar surface area (TPSA) is 69.4 Å². The molecule has 18 heavy (non-hydrogen) atoms. The van der Waals surface area contributed by atoms with Gasteiger partial charge >= 0.3 is 5.97 Å². The van der Waals surface area contributed by atoms with E-state index >= 15 is 0 Å². The minimum atomic E-state index is -0.532. The van der Waals surface area contributed by atoms with Crippen molar-refractivity contribution in [3.63, 3.8) is 0 Å². The molecule has 1 aromatic rings. The predicted molar refractivity (Wildman–Crippen MR) is 69.7 cm³/mol. The maximum atomic E-state index is 11.9. The zero-order valence-corrected chi connectivity index (χ0v) is 11.2. The first-order chi connectivity index (χ1) is 8.24. The van der Waals surface area contributed by atoms with Crippen molar-refractivity contribution in [1.82, 2.24) is 0 Å². The Balaban J connectivity index is 2.99. The highest BCUT2D eigenvalue weighted by molar-refractivity contribution is 5.99. The van der Waals surface area contributed by atoms with E-state index in [4.69, 9.17) is 10.5 Å². The van der Waals surface area contributed by atoms with Crippen LogP contribution in [0.1, 0.15) is 47.1 Å². The van der Waals surface area contributed by atoms with Gasteiger partial charge in [-0.3, -0.25) is 4.79 Å². The maximum Gasteiger partial charge on any atom is 0.338 e.